The highest BCUT2D eigenvalue weighted by atomic mass is 19.1. The average molecular weight is 377 g/mol. The van der Waals surface area contributed by atoms with E-state index in [2.05, 4.69) is 6.92 Å². The number of hydrogen-bond donors (Lipinski definition) is 0. The summed E-state index contributed by atoms with van der Waals surface area (Å²) in [6.07, 6.45) is 10.4. The van der Waals surface area contributed by atoms with E-state index in [1.165, 1.54) is 38.5 Å². The van der Waals surface area contributed by atoms with Gasteiger partial charge in [0.25, 0.3) is 0 Å². The summed E-state index contributed by atoms with van der Waals surface area (Å²) in [6, 6.07) is 3.41. The first-order chi connectivity index (χ1) is 13.2. The zero-order valence-electron chi connectivity index (χ0n) is 16.7. The van der Waals surface area contributed by atoms with Crippen molar-refractivity contribution >= 4 is 6.29 Å². The minimum absolute atomic E-state index is 0.0875. The minimum Gasteiger partial charge on any atom is -0.491 e. The van der Waals surface area contributed by atoms with Crippen LogP contribution in [0.3, 0.4) is 0 Å². The van der Waals surface area contributed by atoms with Gasteiger partial charge >= 0.3 is 0 Å². The molecule has 1 aromatic carbocycles. The van der Waals surface area contributed by atoms with Gasteiger partial charge in [-0.15, -0.1) is 0 Å². The van der Waals surface area contributed by atoms with E-state index in [1.807, 2.05) is 0 Å². The molecule has 2 unspecified atom stereocenters. The first-order valence-electron chi connectivity index (χ1n) is 10.7. The second-order valence-corrected chi connectivity index (χ2v) is 8.16. The Morgan fingerprint density at radius 2 is 1.85 bits per heavy atom. The second-order valence-electron chi connectivity index (χ2n) is 8.16. The maximum absolute atomic E-state index is 14.5. The number of rotatable bonds is 7. The monoisotopic (exact) mass is 376 g/mol. The predicted octanol–water partition coefficient (Wildman–Crippen LogP) is 6.11. The molecule has 150 valence electrons. The molecule has 1 saturated heterocycles. The summed E-state index contributed by atoms with van der Waals surface area (Å²) < 4.78 is 25.9. The van der Waals surface area contributed by atoms with Crippen molar-refractivity contribution in [2.45, 2.75) is 71.3 Å². The molecule has 27 heavy (non-hydrogen) atoms. The minimum atomic E-state index is -0.565. The molecule has 0 aromatic heterocycles. The van der Waals surface area contributed by atoms with Gasteiger partial charge in [-0.3, -0.25) is 4.79 Å². The number of carbonyl (C=O) groups is 1. The van der Waals surface area contributed by atoms with Gasteiger partial charge in [-0.05, 0) is 62.0 Å². The first-order valence-corrected chi connectivity index (χ1v) is 10.7. The molecule has 1 saturated carbocycles. The van der Waals surface area contributed by atoms with Crippen molar-refractivity contribution < 1.29 is 18.7 Å². The van der Waals surface area contributed by atoms with Crippen LogP contribution >= 0.6 is 0 Å². The molecule has 2 aliphatic rings. The number of benzene rings is 1. The van der Waals surface area contributed by atoms with Crippen LogP contribution in [-0.4, -0.2) is 19.5 Å². The molecule has 1 aliphatic heterocycles. The Bertz CT molecular complexity index is 614. The average Bonchev–Trinajstić information content (AvgIpc) is 2.70. The van der Waals surface area contributed by atoms with Crippen LogP contribution in [0.4, 0.5) is 4.39 Å². The second kappa shape index (κ2) is 9.68. The molecular weight excluding hydrogens is 343 g/mol. The summed E-state index contributed by atoms with van der Waals surface area (Å²) in [4.78, 5) is 11.5. The van der Waals surface area contributed by atoms with Crippen molar-refractivity contribution in [1.82, 2.24) is 0 Å². The number of ether oxygens (including phenoxy) is 2. The van der Waals surface area contributed by atoms with Crippen LogP contribution < -0.4 is 4.74 Å². The Morgan fingerprint density at radius 1 is 1.11 bits per heavy atom. The van der Waals surface area contributed by atoms with Gasteiger partial charge in [0.15, 0.2) is 17.9 Å². The van der Waals surface area contributed by atoms with Gasteiger partial charge in [-0.1, -0.05) is 38.7 Å². The fourth-order valence-electron chi connectivity index (χ4n) is 5.00. The van der Waals surface area contributed by atoms with E-state index < -0.39 is 5.82 Å². The summed E-state index contributed by atoms with van der Waals surface area (Å²) >= 11 is 0. The van der Waals surface area contributed by atoms with Gasteiger partial charge < -0.3 is 9.47 Å². The molecule has 1 aromatic rings. The van der Waals surface area contributed by atoms with Crippen LogP contribution in [0.15, 0.2) is 12.1 Å². The molecule has 0 spiro atoms. The highest BCUT2D eigenvalue weighted by Crippen LogP contribution is 2.42. The standard InChI is InChI=1S/C23H33FO3/c1-3-5-16-6-8-17(9-7-16)18-10-12-21(27-15-18)19-11-13-22(26-4-2)23(24)20(19)14-25/h11,13-14,16-18,21H,3-10,12,15H2,1-2H3. The molecule has 3 rings (SSSR count). The molecule has 1 heterocycles. The van der Waals surface area contributed by atoms with Crippen molar-refractivity contribution in [2.75, 3.05) is 13.2 Å². The van der Waals surface area contributed by atoms with Crippen LogP contribution in [0.1, 0.15) is 87.2 Å². The van der Waals surface area contributed by atoms with Crippen LogP contribution in [0, 0.1) is 23.6 Å². The quantitative estimate of drug-likeness (QED) is 0.539. The molecule has 4 heteroatoms. The molecule has 0 amide bonds. The van der Waals surface area contributed by atoms with E-state index in [0.29, 0.717) is 24.4 Å². The van der Waals surface area contributed by atoms with E-state index in [-0.39, 0.29) is 17.4 Å². The molecule has 0 radical (unpaired) electrons. The number of halogens is 1. The number of aldehydes is 1. The van der Waals surface area contributed by atoms with Gasteiger partial charge in [0.05, 0.1) is 24.9 Å². The van der Waals surface area contributed by atoms with Gasteiger partial charge in [0, 0.05) is 0 Å². The molecule has 0 bridgehead atoms. The van der Waals surface area contributed by atoms with Crippen LogP contribution in [0.25, 0.3) is 0 Å². The maximum atomic E-state index is 14.5. The highest BCUT2D eigenvalue weighted by molar-refractivity contribution is 5.79. The highest BCUT2D eigenvalue weighted by Gasteiger charge is 2.32. The van der Waals surface area contributed by atoms with E-state index >= 15 is 0 Å². The fraction of sp³-hybridized carbons (Fsp3) is 0.696. The smallest absolute Gasteiger partial charge is 0.175 e. The SMILES string of the molecule is CCCC1CCC(C2CCC(c3ccc(OCC)c(F)c3C=O)OC2)CC1. The van der Waals surface area contributed by atoms with Crippen molar-refractivity contribution in [3.63, 3.8) is 0 Å². The predicted molar refractivity (Wildman–Crippen MR) is 105 cm³/mol. The molecule has 2 atom stereocenters. The number of hydrogen-bond acceptors (Lipinski definition) is 3. The summed E-state index contributed by atoms with van der Waals surface area (Å²) in [6.45, 7) is 5.17. The summed E-state index contributed by atoms with van der Waals surface area (Å²) in [5.74, 6) is 1.87. The number of carbonyl (C=O) groups excluding carboxylic acids is 1. The van der Waals surface area contributed by atoms with Crippen LogP contribution in [0.5, 0.6) is 5.75 Å². The lowest BCUT2D eigenvalue weighted by atomic mass is 9.72. The molecule has 1 aliphatic carbocycles. The van der Waals surface area contributed by atoms with Gasteiger partial charge in [-0.2, -0.15) is 0 Å². The summed E-state index contributed by atoms with van der Waals surface area (Å²) in [7, 11) is 0. The molecule has 0 N–H and O–H groups in total. The first kappa shape index (κ1) is 20.3. The van der Waals surface area contributed by atoms with Gasteiger partial charge in [-0.25, -0.2) is 4.39 Å². The van der Waals surface area contributed by atoms with Gasteiger partial charge in [0.2, 0.25) is 0 Å². The maximum Gasteiger partial charge on any atom is 0.175 e. The lowest BCUT2D eigenvalue weighted by molar-refractivity contribution is -0.0408. The normalized spacial score (nSPS) is 28.7. The third kappa shape index (κ3) is 4.71. The Kier molecular flexibility index (Phi) is 7.28. The lowest BCUT2D eigenvalue weighted by Crippen LogP contribution is -2.30. The fourth-order valence-corrected chi connectivity index (χ4v) is 5.00. The largest absolute Gasteiger partial charge is 0.491 e. The molecule has 3 nitrogen and oxygen atoms in total. The Balaban J connectivity index is 1.59. The topological polar surface area (TPSA) is 35.5 Å². The van der Waals surface area contributed by atoms with E-state index in [0.717, 1.165) is 31.3 Å². The zero-order chi connectivity index (χ0) is 19.2. The summed E-state index contributed by atoms with van der Waals surface area (Å²) in [5, 5.41) is 0. The van der Waals surface area contributed by atoms with Gasteiger partial charge in [0.1, 0.15) is 0 Å². The molecule has 2 fully saturated rings. The third-order valence-electron chi connectivity index (χ3n) is 6.51. The third-order valence-corrected chi connectivity index (χ3v) is 6.51. The Labute approximate surface area is 162 Å². The Morgan fingerprint density at radius 3 is 2.44 bits per heavy atom. The van der Waals surface area contributed by atoms with E-state index in [4.69, 9.17) is 9.47 Å². The van der Waals surface area contributed by atoms with Crippen molar-refractivity contribution in [3.8, 4) is 5.75 Å². The van der Waals surface area contributed by atoms with Crippen LogP contribution in [-0.2, 0) is 4.74 Å². The van der Waals surface area contributed by atoms with Crippen molar-refractivity contribution in [1.29, 1.82) is 0 Å². The van der Waals surface area contributed by atoms with E-state index in [1.54, 1.807) is 19.1 Å². The van der Waals surface area contributed by atoms with E-state index in [9.17, 15) is 9.18 Å². The van der Waals surface area contributed by atoms with Crippen molar-refractivity contribution in [2.24, 2.45) is 17.8 Å². The van der Waals surface area contributed by atoms with Crippen LogP contribution in [0.2, 0.25) is 0 Å². The Hall–Kier alpha value is -1.42. The lowest BCUT2D eigenvalue weighted by Gasteiger charge is -2.38. The summed E-state index contributed by atoms with van der Waals surface area (Å²) in [5.41, 5.74) is 0.750. The molecular formula is C23H33FO3. The zero-order valence-corrected chi connectivity index (χ0v) is 16.7. The van der Waals surface area contributed by atoms with Crippen molar-refractivity contribution in [3.05, 3.63) is 29.1 Å².